The molecule has 0 saturated heterocycles. The van der Waals surface area contributed by atoms with Gasteiger partial charge in [0.25, 0.3) is 0 Å². The Morgan fingerprint density at radius 2 is 1.14 bits per heavy atom. The third-order valence-corrected chi connectivity index (χ3v) is 7.42. The minimum Gasteiger partial charge on any atom is -0.467 e. The maximum atomic E-state index is 12.3. The van der Waals surface area contributed by atoms with Gasteiger partial charge in [0, 0.05) is 24.7 Å². The van der Waals surface area contributed by atoms with Crippen LogP contribution in [-0.2, 0) is 19.1 Å². The number of hydrogen-bond acceptors (Lipinski definition) is 4. The lowest BCUT2D eigenvalue weighted by Crippen LogP contribution is -2.41. The van der Waals surface area contributed by atoms with Gasteiger partial charge in [-0.05, 0) is 38.5 Å². The highest BCUT2D eigenvalue weighted by Crippen LogP contribution is 2.12. The lowest BCUT2D eigenvalue weighted by molar-refractivity contribution is -0.145. The molecule has 0 fully saturated rings. The molecule has 1 atom stereocenters. The van der Waals surface area contributed by atoms with E-state index in [2.05, 4.69) is 33.5 Å². The summed E-state index contributed by atoms with van der Waals surface area (Å²) in [5, 5.41) is 6.91. The highest BCUT2D eigenvalue weighted by atomic mass is 79.9. The van der Waals surface area contributed by atoms with Crippen molar-refractivity contribution >= 4 is 33.7 Å². The average Bonchev–Trinajstić information content (AvgIpc) is 2.89. The van der Waals surface area contributed by atoms with E-state index in [-0.39, 0.29) is 11.8 Å². The molecule has 6 nitrogen and oxygen atoms in total. The van der Waals surface area contributed by atoms with Gasteiger partial charge < -0.3 is 15.4 Å². The second-order valence-corrected chi connectivity index (χ2v) is 11.1. The largest absolute Gasteiger partial charge is 0.467 e. The van der Waals surface area contributed by atoms with Crippen LogP contribution in [0.4, 0.5) is 0 Å². The van der Waals surface area contributed by atoms with Crippen LogP contribution in [-0.4, -0.2) is 42.8 Å². The molecule has 0 rings (SSSR count). The summed E-state index contributed by atoms with van der Waals surface area (Å²) in [6.07, 6.45) is 23.7. The zero-order chi connectivity index (χ0) is 27.4. The predicted molar refractivity (Wildman–Crippen MR) is 158 cm³/mol. The van der Waals surface area contributed by atoms with Crippen LogP contribution in [0.5, 0.6) is 0 Å². The monoisotopic (exact) mass is 588 g/mol. The Morgan fingerprint density at radius 1 is 0.649 bits per heavy atom. The number of methoxy groups -OCH3 is 1. The van der Waals surface area contributed by atoms with Gasteiger partial charge in [-0.2, -0.15) is 0 Å². The van der Waals surface area contributed by atoms with E-state index in [4.69, 9.17) is 4.74 Å². The molecule has 0 aliphatic heterocycles. The summed E-state index contributed by atoms with van der Waals surface area (Å²) in [7, 11) is 1.35. The molecule has 0 aromatic carbocycles. The molecule has 0 aromatic rings. The molecular weight excluding hydrogens is 532 g/mol. The van der Waals surface area contributed by atoms with Gasteiger partial charge in [0.15, 0.2) is 0 Å². The van der Waals surface area contributed by atoms with Gasteiger partial charge in [-0.3, -0.25) is 9.59 Å². The Morgan fingerprint density at radius 3 is 1.65 bits per heavy atom. The van der Waals surface area contributed by atoms with Crippen molar-refractivity contribution in [2.75, 3.05) is 19.0 Å². The van der Waals surface area contributed by atoms with Crippen molar-refractivity contribution in [3.8, 4) is 0 Å². The topological polar surface area (TPSA) is 84.5 Å². The van der Waals surface area contributed by atoms with Crippen molar-refractivity contribution < 1.29 is 19.1 Å². The quantitative estimate of drug-likeness (QED) is 0.0583. The molecule has 0 aliphatic rings. The van der Waals surface area contributed by atoms with Crippen LogP contribution in [0.25, 0.3) is 0 Å². The van der Waals surface area contributed by atoms with Crippen molar-refractivity contribution in [1.82, 2.24) is 10.6 Å². The number of unbranched alkanes of at least 4 members (excludes halogenated alkanes) is 16. The van der Waals surface area contributed by atoms with E-state index >= 15 is 0 Å². The van der Waals surface area contributed by atoms with E-state index < -0.39 is 12.0 Å². The van der Waals surface area contributed by atoms with Crippen molar-refractivity contribution in [1.29, 1.82) is 0 Å². The van der Waals surface area contributed by atoms with Gasteiger partial charge in [0.05, 0.1) is 7.11 Å². The van der Waals surface area contributed by atoms with Crippen LogP contribution in [0.3, 0.4) is 0 Å². The lowest BCUT2D eigenvalue weighted by atomic mass is 10.1. The zero-order valence-electron chi connectivity index (χ0n) is 24.1. The summed E-state index contributed by atoms with van der Waals surface area (Å²) in [6.45, 7) is 2.84. The van der Waals surface area contributed by atoms with E-state index in [1.807, 2.05) is 0 Å². The van der Waals surface area contributed by atoms with Crippen molar-refractivity contribution in [3.05, 3.63) is 0 Å². The molecule has 0 heterocycles. The maximum absolute atomic E-state index is 12.3. The molecule has 0 aromatic heterocycles. The fraction of sp³-hybridized carbons (Fsp3) is 0.900. The normalized spacial score (nSPS) is 11.8. The smallest absolute Gasteiger partial charge is 0.328 e. The number of nitrogens with one attached hydrogen (secondary N) is 2. The van der Waals surface area contributed by atoms with Crippen LogP contribution >= 0.6 is 15.9 Å². The van der Waals surface area contributed by atoms with Crippen LogP contribution in [0.15, 0.2) is 0 Å². The molecule has 0 radical (unpaired) electrons. The first-order valence-corrected chi connectivity index (χ1v) is 16.4. The average molecular weight is 590 g/mol. The second-order valence-electron chi connectivity index (χ2n) is 10.3. The molecule has 2 amide bonds. The standard InChI is InChI=1S/C30H57BrN2O4/c1-3-4-5-6-7-8-11-14-17-23-28(34)32-26-21-19-22-27(30(36)37-2)33-29(35)24-18-15-12-9-10-13-16-20-25-31/h27H,3-26H2,1-2H3,(H,32,34)(H,33,35)/t27-/m0/s1. The number of halogens is 1. The Bertz CT molecular complexity index is 560. The molecule has 0 saturated carbocycles. The van der Waals surface area contributed by atoms with Gasteiger partial charge in [-0.25, -0.2) is 4.79 Å². The molecule has 37 heavy (non-hydrogen) atoms. The number of carbonyl (C=O) groups excluding carboxylic acids is 3. The van der Waals surface area contributed by atoms with Gasteiger partial charge in [0.1, 0.15) is 6.04 Å². The molecule has 0 spiro atoms. The van der Waals surface area contributed by atoms with Crippen molar-refractivity contribution in [2.24, 2.45) is 0 Å². The molecule has 2 N–H and O–H groups in total. The molecule has 0 bridgehead atoms. The molecular formula is C30H57BrN2O4. The highest BCUT2D eigenvalue weighted by Gasteiger charge is 2.20. The fourth-order valence-corrected chi connectivity index (χ4v) is 4.88. The summed E-state index contributed by atoms with van der Waals surface area (Å²) in [5.74, 6) is -0.368. The lowest BCUT2D eigenvalue weighted by Gasteiger charge is -2.16. The van der Waals surface area contributed by atoms with Gasteiger partial charge in [-0.1, -0.05) is 113 Å². The van der Waals surface area contributed by atoms with E-state index in [1.54, 1.807) is 0 Å². The number of hydrogen-bond donors (Lipinski definition) is 2. The number of carbonyl (C=O) groups is 3. The summed E-state index contributed by atoms with van der Waals surface area (Å²) in [5.41, 5.74) is 0. The summed E-state index contributed by atoms with van der Waals surface area (Å²) >= 11 is 3.46. The molecule has 0 aliphatic carbocycles. The van der Waals surface area contributed by atoms with Crippen LogP contribution in [0, 0.1) is 0 Å². The minimum absolute atomic E-state index is 0.0815. The van der Waals surface area contributed by atoms with E-state index in [9.17, 15) is 14.4 Å². The first-order chi connectivity index (χ1) is 18.0. The summed E-state index contributed by atoms with van der Waals surface area (Å²) in [6, 6.07) is -0.607. The number of ether oxygens (including phenoxy) is 1. The Hall–Kier alpha value is -1.11. The first kappa shape index (κ1) is 35.9. The summed E-state index contributed by atoms with van der Waals surface area (Å²) in [4.78, 5) is 36.4. The Balaban J connectivity index is 3.81. The van der Waals surface area contributed by atoms with Crippen LogP contribution < -0.4 is 10.6 Å². The highest BCUT2D eigenvalue weighted by molar-refractivity contribution is 9.09. The molecule has 218 valence electrons. The summed E-state index contributed by atoms with van der Waals surface area (Å²) < 4.78 is 4.88. The second kappa shape index (κ2) is 27.9. The first-order valence-electron chi connectivity index (χ1n) is 15.2. The Kier molecular flexibility index (Phi) is 27.1. The van der Waals surface area contributed by atoms with Crippen molar-refractivity contribution in [2.45, 2.75) is 154 Å². The van der Waals surface area contributed by atoms with Crippen LogP contribution in [0.1, 0.15) is 148 Å². The van der Waals surface area contributed by atoms with E-state index in [1.165, 1.54) is 84.2 Å². The number of alkyl halides is 1. The van der Waals surface area contributed by atoms with Gasteiger partial charge >= 0.3 is 5.97 Å². The molecule has 7 heteroatoms. The number of amides is 2. The Labute approximate surface area is 236 Å². The number of rotatable bonds is 27. The zero-order valence-corrected chi connectivity index (χ0v) is 25.6. The van der Waals surface area contributed by atoms with E-state index in [0.29, 0.717) is 25.8 Å². The van der Waals surface area contributed by atoms with Gasteiger partial charge in [-0.15, -0.1) is 0 Å². The maximum Gasteiger partial charge on any atom is 0.328 e. The van der Waals surface area contributed by atoms with E-state index in [0.717, 1.165) is 50.3 Å². The SMILES string of the molecule is CCCCCCCCCCCC(=O)NCCCC[C@H](NC(=O)CCCCCCCCCCBr)C(=O)OC. The number of esters is 1. The fourth-order valence-electron chi connectivity index (χ4n) is 4.48. The minimum atomic E-state index is -0.607. The predicted octanol–water partition coefficient (Wildman–Crippen LogP) is 7.76. The van der Waals surface area contributed by atoms with Gasteiger partial charge in [0.2, 0.25) is 11.8 Å². The third-order valence-electron chi connectivity index (χ3n) is 6.86. The molecule has 0 unspecified atom stereocenters. The van der Waals surface area contributed by atoms with Crippen molar-refractivity contribution in [3.63, 3.8) is 0 Å². The third kappa shape index (κ3) is 25.0. The van der Waals surface area contributed by atoms with Crippen LogP contribution in [0.2, 0.25) is 0 Å².